The van der Waals surface area contributed by atoms with Crippen LogP contribution in [0, 0.1) is 0 Å². The van der Waals surface area contributed by atoms with Gasteiger partial charge in [0.25, 0.3) is 0 Å². The number of aromatic nitrogens is 1. The maximum absolute atomic E-state index is 12.1. The predicted octanol–water partition coefficient (Wildman–Crippen LogP) is 5.33. The first kappa shape index (κ1) is 20.2. The molecule has 0 N–H and O–H groups in total. The SMILES string of the molecule is CCC[CH2][Sn]([CH2]CCC)([CH2]CCC)[c]1cnc(N2CCCC2=O)s1. The summed E-state index contributed by atoms with van der Waals surface area (Å²) >= 11 is -0.484. The topological polar surface area (TPSA) is 33.2 Å². The second-order valence-corrected chi connectivity index (χ2v) is 22.4. The number of hydrogen-bond donors (Lipinski definition) is 0. The molecule has 3 nitrogen and oxygen atoms in total. The maximum atomic E-state index is 12.1. The van der Waals surface area contributed by atoms with Crippen molar-refractivity contribution in [2.75, 3.05) is 11.4 Å². The molecule has 0 aliphatic carbocycles. The second-order valence-electron chi connectivity index (χ2n) is 7.25. The third-order valence-corrected chi connectivity index (χ3v) is 24.5. The zero-order valence-corrected chi connectivity index (χ0v) is 19.4. The van der Waals surface area contributed by atoms with Crippen LogP contribution in [0.4, 0.5) is 5.13 Å². The number of amides is 1. The Hall–Kier alpha value is -0.101. The summed E-state index contributed by atoms with van der Waals surface area (Å²) in [5.74, 6) is 0.271. The Morgan fingerprint density at radius 1 is 1.08 bits per heavy atom. The van der Waals surface area contributed by atoms with Crippen molar-refractivity contribution in [1.29, 1.82) is 0 Å². The fourth-order valence-corrected chi connectivity index (χ4v) is 23.4. The molecule has 1 aliphatic rings. The average Bonchev–Trinajstić information content (AvgIpc) is 3.23. The first-order valence-electron chi connectivity index (χ1n) is 9.93. The molecule has 0 unspecified atom stereocenters. The standard InChI is InChI=1S/C7H7N2OS.3C4H9.Sn/c10-6-2-1-4-9(6)7-8-3-5-11-7;3*1-3-4-2;/h3H,1-2,4H2;3*1,3-4H2,2H3;. The van der Waals surface area contributed by atoms with Gasteiger partial charge in [-0.2, -0.15) is 0 Å². The van der Waals surface area contributed by atoms with Gasteiger partial charge in [0.1, 0.15) is 0 Å². The molecule has 0 radical (unpaired) electrons. The zero-order chi connectivity index (χ0) is 17.4. The number of hydrogen-bond acceptors (Lipinski definition) is 3. The molecule has 0 aromatic carbocycles. The van der Waals surface area contributed by atoms with Crippen LogP contribution in [0.5, 0.6) is 0 Å². The van der Waals surface area contributed by atoms with Gasteiger partial charge in [0.2, 0.25) is 0 Å². The van der Waals surface area contributed by atoms with E-state index in [-0.39, 0.29) is 5.91 Å². The summed E-state index contributed by atoms with van der Waals surface area (Å²) in [5.41, 5.74) is 0. The molecule has 5 heteroatoms. The second kappa shape index (κ2) is 10.1. The number of thiazole rings is 1. The monoisotopic (exact) mass is 458 g/mol. The van der Waals surface area contributed by atoms with Gasteiger partial charge in [-0.05, 0) is 0 Å². The van der Waals surface area contributed by atoms with E-state index >= 15 is 0 Å². The van der Waals surface area contributed by atoms with E-state index in [1.807, 2.05) is 16.2 Å². The van der Waals surface area contributed by atoms with Crippen LogP contribution >= 0.6 is 11.3 Å². The fraction of sp³-hybridized carbons (Fsp3) is 0.789. The molecule has 2 heterocycles. The zero-order valence-electron chi connectivity index (χ0n) is 15.8. The summed E-state index contributed by atoms with van der Waals surface area (Å²) in [4.78, 5) is 18.7. The normalized spacial score (nSPS) is 15.5. The van der Waals surface area contributed by atoms with Gasteiger partial charge in [0, 0.05) is 0 Å². The molecule has 1 saturated heterocycles. The van der Waals surface area contributed by atoms with E-state index in [4.69, 9.17) is 4.98 Å². The Balaban J connectivity index is 2.26. The summed E-state index contributed by atoms with van der Waals surface area (Å²) in [6.45, 7) is 7.82. The van der Waals surface area contributed by atoms with E-state index in [2.05, 4.69) is 27.0 Å². The van der Waals surface area contributed by atoms with E-state index in [1.165, 1.54) is 51.8 Å². The summed E-state index contributed by atoms with van der Waals surface area (Å²) in [6.07, 6.45) is 11.9. The van der Waals surface area contributed by atoms with Crippen LogP contribution in [-0.4, -0.2) is 35.8 Å². The molecule has 1 aromatic heterocycles. The van der Waals surface area contributed by atoms with Gasteiger partial charge in [-0.3, -0.25) is 0 Å². The number of nitrogens with zero attached hydrogens (tertiary/aromatic N) is 2. The third kappa shape index (κ3) is 4.96. The van der Waals surface area contributed by atoms with Crippen molar-refractivity contribution in [3.63, 3.8) is 0 Å². The van der Waals surface area contributed by atoms with Crippen molar-refractivity contribution in [1.82, 2.24) is 4.98 Å². The number of carbonyl (C=O) groups excluding carboxylic acids is 1. The van der Waals surface area contributed by atoms with Crippen LogP contribution < -0.4 is 7.79 Å². The number of anilines is 1. The minimum absolute atomic E-state index is 0.271. The van der Waals surface area contributed by atoms with Gasteiger partial charge in [0.15, 0.2) is 0 Å². The van der Waals surface area contributed by atoms with Gasteiger partial charge in [-0.15, -0.1) is 0 Å². The number of unbranched alkanes of at least 4 members (excludes halogenated alkanes) is 3. The van der Waals surface area contributed by atoms with Gasteiger partial charge in [0.05, 0.1) is 0 Å². The van der Waals surface area contributed by atoms with E-state index in [0.717, 1.165) is 18.1 Å². The van der Waals surface area contributed by atoms with Gasteiger partial charge in [-0.1, -0.05) is 0 Å². The van der Waals surface area contributed by atoms with Crippen LogP contribution in [0.15, 0.2) is 6.20 Å². The summed E-state index contributed by atoms with van der Waals surface area (Å²) in [7, 11) is 0. The van der Waals surface area contributed by atoms with Crippen molar-refractivity contribution in [3.05, 3.63) is 6.20 Å². The Kier molecular flexibility index (Phi) is 8.55. The van der Waals surface area contributed by atoms with Crippen LogP contribution in [0.25, 0.3) is 0 Å². The predicted molar refractivity (Wildman–Crippen MR) is 108 cm³/mol. The van der Waals surface area contributed by atoms with E-state index in [1.54, 1.807) is 2.89 Å². The molecule has 2 rings (SSSR count). The Morgan fingerprint density at radius 3 is 2.12 bits per heavy atom. The first-order valence-corrected chi connectivity index (χ1v) is 18.2. The first-order chi connectivity index (χ1) is 11.7. The quantitative estimate of drug-likeness (QED) is 0.421. The van der Waals surface area contributed by atoms with Gasteiger partial charge < -0.3 is 0 Å². The molecule has 0 spiro atoms. The molecule has 0 saturated carbocycles. The molecule has 24 heavy (non-hydrogen) atoms. The molecule has 0 atom stereocenters. The van der Waals surface area contributed by atoms with Crippen LogP contribution in [0.1, 0.15) is 72.1 Å². The summed E-state index contributed by atoms with van der Waals surface area (Å²) in [6, 6.07) is 0. The van der Waals surface area contributed by atoms with E-state index in [9.17, 15) is 4.79 Å². The molecule has 1 aliphatic heterocycles. The summed E-state index contributed by atoms with van der Waals surface area (Å²) < 4.78 is 6.05. The van der Waals surface area contributed by atoms with E-state index in [0.29, 0.717) is 6.42 Å². The Bertz CT molecular complexity index is 495. The number of rotatable bonds is 11. The van der Waals surface area contributed by atoms with Gasteiger partial charge >= 0.3 is 157 Å². The molecule has 1 amide bonds. The summed E-state index contributed by atoms with van der Waals surface area (Å²) in [5, 5.41) is 0.984. The van der Waals surface area contributed by atoms with Crippen LogP contribution in [-0.2, 0) is 4.79 Å². The van der Waals surface area contributed by atoms with E-state index < -0.39 is 18.4 Å². The fourth-order valence-electron chi connectivity index (χ4n) is 3.78. The molecule has 136 valence electrons. The average molecular weight is 457 g/mol. The van der Waals surface area contributed by atoms with Crippen LogP contribution in [0.2, 0.25) is 13.3 Å². The molecule has 0 bridgehead atoms. The van der Waals surface area contributed by atoms with Gasteiger partial charge in [-0.25, -0.2) is 0 Å². The molecular weight excluding hydrogens is 423 g/mol. The molecular formula is C19H34N2OSSn. The van der Waals surface area contributed by atoms with Crippen LogP contribution in [0.3, 0.4) is 0 Å². The number of carbonyl (C=O) groups is 1. The third-order valence-electron chi connectivity index (χ3n) is 5.35. The Labute approximate surface area is 156 Å². The molecule has 1 aromatic rings. The van der Waals surface area contributed by atoms with Crippen molar-refractivity contribution in [3.8, 4) is 0 Å². The van der Waals surface area contributed by atoms with Crippen molar-refractivity contribution >= 4 is 43.6 Å². The van der Waals surface area contributed by atoms with Crippen molar-refractivity contribution in [2.45, 2.75) is 85.4 Å². The minimum atomic E-state index is -2.36. The molecule has 1 fully saturated rings. The Morgan fingerprint density at radius 2 is 1.67 bits per heavy atom. The van der Waals surface area contributed by atoms with Crippen molar-refractivity contribution < 1.29 is 4.79 Å². The van der Waals surface area contributed by atoms with Crippen molar-refractivity contribution in [2.24, 2.45) is 0 Å².